The van der Waals surface area contributed by atoms with Gasteiger partial charge in [0, 0.05) is 7.05 Å². The van der Waals surface area contributed by atoms with Gasteiger partial charge in [-0.1, -0.05) is 0 Å². The van der Waals surface area contributed by atoms with Gasteiger partial charge < -0.3 is 10.6 Å². The van der Waals surface area contributed by atoms with E-state index in [4.69, 9.17) is 0 Å². The van der Waals surface area contributed by atoms with Crippen molar-refractivity contribution in [2.24, 2.45) is 23.2 Å². The van der Waals surface area contributed by atoms with Crippen molar-refractivity contribution in [1.82, 2.24) is 4.98 Å². The summed E-state index contributed by atoms with van der Waals surface area (Å²) in [5.74, 6) is 3.45. The molecule has 120 valence electrons. The second-order valence-electron chi connectivity index (χ2n) is 7.33. The number of carbonyl (C=O) groups excluding carboxylic acids is 1. The largest absolute Gasteiger partial charge is 0.373 e. The fourth-order valence-corrected chi connectivity index (χ4v) is 5.27. The van der Waals surface area contributed by atoms with Gasteiger partial charge in [0.2, 0.25) is 5.91 Å². The third kappa shape index (κ3) is 2.58. The number of hydrogen-bond acceptors (Lipinski definition) is 3. The highest BCUT2D eigenvalue weighted by Crippen LogP contribution is 2.60. The van der Waals surface area contributed by atoms with Gasteiger partial charge in [-0.15, -0.1) is 12.4 Å². The lowest BCUT2D eigenvalue weighted by molar-refractivity contribution is -0.140. The molecule has 0 aliphatic heterocycles. The van der Waals surface area contributed by atoms with Crippen LogP contribution in [0.5, 0.6) is 0 Å². The van der Waals surface area contributed by atoms with Gasteiger partial charge in [0.25, 0.3) is 0 Å². The Morgan fingerprint density at radius 1 is 1.14 bits per heavy atom. The molecule has 22 heavy (non-hydrogen) atoms. The minimum atomic E-state index is -0.0869. The molecule has 4 nitrogen and oxygen atoms in total. The first-order valence-corrected chi connectivity index (χ1v) is 8.12. The van der Waals surface area contributed by atoms with Gasteiger partial charge in [-0.2, -0.15) is 0 Å². The number of pyridine rings is 1. The Kier molecular flexibility index (Phi) is 4.06. The summed E-state index contributed by atoms with van der Waals surface area (Å²) in [4.78, 5) is 17.1. The molecule has 4 aliphatic carbocycles. The minimum Gasteiger partial charge on any atom is -0.373 e. The molecule has 1 aromatic heterocycles. The van der Waals surface area contributed by atoms with E-state index in [9.17, 15) is 4.79 Å². The molecule has 4 saturated carbocycles. The third-order valence-electron chi connectivity index (χ3n) is 5.80. The van der Waals surface area contributed by atoms with E-state index in [1.807, 2.05) is 19.2 Å². The van der Waals surface area contributed by atoms with Crippen LogP contribution in [0.1, 0.15) is 38.5 Å². The van der Waals surface area contributed by atoms with Crippen LogP contribution in [0.25, 0.3) is 0 Å². The highest BCUT2D eigenvalue weighted by atomic mass is 35.5. The van der Waals surface area contributed by atoms with Gasteiger partial charge in [-0.25, -0.2) is 4.98 Å². The van der Waals surface area contributed by atoms with Crippen molar-refractivity contribution >= 4 is 29.8 Å². The molecule has 0 radical (unpaired) electrons. The molecular formula is C17H24ClN3O. The van der Waals surface area contributed by atoms with Gasteiger partial charge in [0.05, 0.1) is 17.3 Å². The lowest BCUT2D eigenvalue weighted by atomic mass is 9.49. The van der Waals surface area contributed by atoms with Crippen molar-refractivity contribution in [2.75, 3.05) is 17.7 Å². The third-order valence-corrected chi connectivity index (χ3v) is 5.80. The molecule has 0 atom stereocenters. The summed E-state index contributed by atoms with van der Waals surface area (Å²) in [5.41, 5.74) is 0.728. The zero-order valence-corrected chi connectivity index (χ0v) is 13.8. The van der Waals surface area contributed by atoms with Gasteiger partial charge in [0.1, 0.15) is 5.82 Å². The van der Waals surface area contributed by atoms with Gasteiger partial charge in [0.15, 0.2) is 0 Å². The number of rotatable bonds is 3. The number of carbonyl (C=O) groups is 1. The number of nitrogens with zero attached hydrogens (tertiary/aromatic N) is 1. The quantitative estimate of drug-likeness (QED) is 0.892. The summed E-state index contributed by atoms with van der Waals surface area (Å²) >= 11 is 0. The van der Waals surface area contributed by atoms with Crippen LogP contribution in [0.4, 0.5) is 11.5 Å². The maximum absolute atomic E-state index is 12.9. The molecule has 5 heteroatoms. The van der Waals surface area contributed by atoms with Crippen molar-refractivity contribution in [3.8, 4) is 0 Å². The maximum atomic E-state index is 12.9. The van der Waals surface area contributed by atoms with E-state index < -0.39 is 0 Å². The number of halogens is 1. The molecule has 0 aromatic carbocycles. The Bertz CT molecular complexity index is 522. The normalized spacial score (nSPS) is 34.9. The molecule has 4 bridgehead atoms. The zero-order chi connectivity index (χ0) is 14.4. The maximum Gasteiger partial charge on any atom is 0.230 e. The molecular weight excluding hydrogens is 298 g/mol. The Morgan fingerprint density at radius 2 is 1.73 bits per heavy atom. The number of hydrogen-bond donors (Lipinski definition) is 2. The second-order valence-corrected chi connectivity index (χ2v) is 7.33. The zero-order valence-electron chi connectivity index (χ0n) is 13.0. The first kappa shape index (κ1) is 15.6. The van der Waals surface area contributed by atoms with Crippen molar-refractivity contribution in [3.05, 3.63) is 18.3 Å². The van der Waals surface area contributed by atoms with E-state index in [0.29, 0.717) is 0 Å². The molecule has 5 rings (SSSR count). The molecule has 2 N–H and O–H groups in total. The van der Waals surface area contributed by atoms with Gasteiger partial charge >= 0.3 is 0 Å². The molecule has 1 amide bonds. The van der Waals surface area contributed by atoms with Crippen LogP contribution in [0.2, 0.25) is 0 Å². The average Bonchev–Trinajstić information content (AvgIpc) is 2.46. The van der Waals surface area contributed by atoms with E-state index in [-0.39, 0.29) is 23.7 Å². The highest BCUT2D eigenvalue weighted by Gasteiger charge is 2.54. The molecule has 1 heterocycles. The van der Waals surface area contributed by atoms with E-state index in [1.165, 1.54) is 19.3 Å². The molecule has 0 saturated heterocycles. The fourth-order valence-electron chi connectivity index (χ4n) is 5.27. The number of amides is 1. The highest BCUT2D eigenvalue weighted by molar-refractivity contribution is 5.95. The summed E-state index contributed by atoms with van der Waals surface area (Å²) < 4.78 is 0. The number of nitrogens with one attached hydrogen (secondary N) is 2. The Labute approximate surface area is 137 Å². The lowest BCUT2D eigenvalue weighted by Gasteiger charge is -2.55. The Morgan fingerprint density at radius 3 is 2.18 bits per heavy atom. The van der Waals surface area contributed by atoms with E-state index in [1.54, 1.807) is 6.20 Å². The van der Waals surface area contributed by atoms with E-state index in [0.717, 1.165) is 48.5 Å². The summed E-state index contributed by atoms with van der Waals surface area (Å²) in [6, 6.07) is 3.83. The van der Waals surface area contributed by atoms with E-state index in [2.05, 4.69) is 15.6 Å². The second kappa shape index (κ2) is 5.73. The number of anilines is 2. The summed E-state index contributed by atoms with van der Waals surface area (Å²) in [6.07, 6.45) is 9.15. The van der Waals surface area contributed by atoms with Crippen LogP contribution < -0.4 is 10.6 Å². The standard InChI is InChI=1S/C17H23N3O.ClH/c1-18-15-3-2-14(10-19-15)20-16(21)17-7-11-4-12(8-17)6-13(5-11)9-17;/h2-3,10-13H,4-9H2,1H3,(H,18,19)(H,20,21);1H. The topological polar surface area (TPSA) is 54.0 Å². The number of aromatic nitrogens is 1. The SMILES string of the molecule is CNc1ccc(NC(=O)C23CC4CC(CC(C4)C2)C3)cn1.Cl. The molecule has 1 aromatic rings. The van der Waals surface area contributed by atoms with Crippen LogP contribution in [-0.2, 0) is 4.79 Å². The van der Waals surface area contributed by atoms with Crippen LogP contribution in [0.15, 0.2) is 18.3 Å². The lowest BCUT2D eigenvalue weighted by Crippen LogP contribution is -2.51. The van der Waals surface area contributed by atoms with Crippen LogP contribution >= 0.6 is 12.4 Å². The molecule has 0 spiro atoms. The smallest absolute Gasteiger partial charge is 0.230 e. The summed E-state index contributed by atoms with van der Waals surface area (Å²) in [5, 5.41) is 6.11. The van der Waals surface area contributed by atoms with Gasteiger partial charge in [-0.3, -0.25) is 4.79 Å². The molecule has 4 fully saturated rings. The monoisotopic (exact) mass is 321 g/mol. The van der Waals surface area contributed by atoms with Crippen molar-refractivity contribution in [2.45, 2.75) is 38.5 Å². The predicted molar refractivity (Wildman–Crippen MR) is 90.3 cm³/mol. The predicted octanol–water partition coefficient (Wildman–Crippen LogP) is 3.70. The summed E-state index contributed by atoms with van der Waals surface area (Å²) in [7, 11) is 1.84. The van der Waals surface area contributed by atoms with Crippen LogP contribution in [-0.4, -0.2) is 17.9 Å². The van der Waals surface area contributed by atoms with E-state index >= 15 is 0 Å². The van der Waals surface area contributed by atoms with Crippen molar-refractivity contribution < 1.29 is 4.79 Å². The minimum absolute atomic E-state index is 0. The fraction of sp³-hybridized carbons (Fsp3) is 0.647. The Balaban J connectivity index is 0.00000144. The first-order valence-electron chi connectivity index (χ1n) is 8.12. The van der Waals surface area contributed by atoms with Crippen LogP contribution in [0, 0.1) is 23.2 Å². The summed E-state index contributed by atoms with van der Waals surface area (Å²) in [6.45, 7) is 0. The molecule has 4 aliphatic rings. The van der Waals surface area contributed by atoms with Crippen molar-refractivity contribution in [1.29, 1.82) is 0 Å². The van der Waals surface area contributed by atoms with Crippen LogP contribution in [0.3, 0.4) is 0 Å². The first-order chi connectivity index (χ1) is 10.2. The van der Waals surface area contributed by atoms with Crippen molar-refractivity contribution in [3.63, 3.8) is 0 Å². The van der Waals surface area contributed by atoms with Gasteiger partial charge in [-0.05, 0) is 68.4 Å². The Hall–Kier alpha value is -1.29. The average molecular weight is 322 g/mol. The molecule has 0 unspecified atom stereocenters.